The summed E-state index contributed by atoms with van der Waals surface area (Å²) in [5.41, 5.74) is 0.692. The van der Waals surface area contributed by atoms with Crippen LogP contribution in [0.3, 0.4) is 0 Å². The zero-order valence-electron chi connectivity index (χ0n) is 14.9. The lowest BCUT2D eigenvalue weighted by atomic mass is 9.97. The molecule has 144 valence electrons. The molecular weight excluding hydrogens is 388 g/mol. The predicted octanol–water partition coefficient (Wildman–Crippen LogP) is 3.39. The molecule has 0 saturated carbocycles. The number of nitrogens with one attached hydrogen (secondary N) is 1. The molecule has 2 aromatic carbocycles. The first-order valence-corrected chi connectivity index (χ1v) is 10.4. The Kier molecular flexibility index (Phi) is 6.04. The lowest BCUT2D eigenvalue weighted by molar-refractivity contribution is -0.120. The number of amides is 1. The van der Waals surface area contributed by atoms with E-state index in [1.807, 2.05) is 0 Å². The molecule has 1 N–H and O–H groups in total. The minimum absolute atomic E-state index is 0.0938. The number of hydrogen-bond donors (Lipinski definition) is 1. The van der Waals surface area contributed by atoms with Gasteiger partial charge in [0.2, 0.25) is 15.9 Å². The minimum atomic E-state index is -3.57. The van der Waals surface area contributed by atoms with Crippen molar-refractivity contribution >= 4 is 33.2 Å². The van der Waals surface area contributed by atoms with E-state index in [0.717, 1.165) is 0 Å². The summed E-state index contributed by atoms with van der Waals surface area (Å²) in [5, 5.41) is 3.37. The number of sulfonamides is 1. The first-order chi connectivity index (χ1) is 12.9. The number of benzene rings is 2. The van der Waals surface area contributed by atoms with E-state index >= 15 is 0 Å². The van der Waals surface area contributed by atoms with E-state index in [-0.39, 0.29) is 16.7 Å². The molecule has 0 radical (unpaired) electrons. The highest BCUT2D eigenvalue weighted by atomic mass is 35.5. The number of piperidine rings is 1. The summed E-state index contributed by atoms with van der Waals surface area (Å²) in [6.07, 6.45) is 0.962. The van der Waals surface area contributed by atoms with Crippen LogP contribution in [-0.4, -0.2) is 38.8 Å². The fourth-order valence-electron chi connectivity index (χ4n) is 3.03. The summed E-state index contributed by atoms with van der Waals surface area (Å²) in [6.45, 7) is 0.622. The molecule has 0 spiro atoms. The van der Waals surface area contributed by atoms with E-state index in [4.69, 9.17) is 16.3 Å². The molecule has 2 aromatic rings. The standard InChI is InChI=1S/C19H21ClN2O4S/c1-26-17-6-4-16(5-7-17)21-19(23)14-10-12-22(13-11-14)27(24,25)18-8-2-15(20)3-9-18/h2-9,14H,10-13H2,1H3,(H,21,23). The van der Waals surface area contributed by atoms with Crippen LogP contribution >= 0.6 is 11.6 Å². The number of halogens is 1. The monoisotopic (exact) mass is 408 g/mol. The summed E-state index contributed by atoms with van der Waals surface area (Å²) < 4.78 is 31.9. The number of hydrogen-bond acceptors (Lipinski definition) is 4. The van der Waals surface area contributed by atoms with Crippen molar-refractivity contribution in [3.8, 4) is 5.75 Å². The average Bonchev–Trinajstić information content (AvgIpc) is 2.69. The van der Waals surface area contributed by atoms with Crippen LogP contribution in [0.5, 0.6) is 5.75 Å². The number of rotatable bonds is 5. The Morgan fingerprint density at radius 1 is 1.07 bits per heavy atom. The van der Waals surface area contributed by atoms with Crippen LogP contribution in [-0.2, 0) is 14.8 Å². The van der Waals surface area contributed by atoms with Gasteiger partial charge in [-0.2, -0.15) is 4.31 Å². The average molecular weight is 409 g/mol. The second-order valence-corrected chi connectivity index (χ2v) is 8.72. The normalized spacial score (nSPS) is 16.1. The number of carbonyl (C=O) groups excluding carboxylic acids is 1. The first-order valence-electron chi connectivity index (χ1n) is 8.61. The summed E-state index contributed by atoms with van der Waals surface area (Å²) in [6, 6.07) is 13.2. The Morgan fingerprint density at radius 3 is 2.22 bits per heavy atom. The van der Waals surface area contributed by atoms with Crippen LogP contribution in [0.15, 0.2) is 53.4 Å². The van der Waals surface area contributed by atoms with Crippen LogP contribution < -0.4 is 10.1 Å². The summed E-state index contributed by atoms with van der Waals surface area (Å²) in [4.78, 5) is 12.7. The minimum Gasteiger partial charge on any atom is -0.497 e. The molecule has 1 fully saturated rings. The van der Waals surface area contributed by atoms with E-state index in [9.17, 15) is 13.2 Å². The van der Waals surface area contributed by atoms with E-state index in [0.29, 0.717) is 42.4 Å². The van der Waals surface area contributed by atoms with Crippen LogP contribution in [0.4, 0.5) is 5.69 Å². The van der Waals surface area contributed by atoms with Gasteiger partial charge >= 0.3 is 0 Å². The number of carbonyl (C=O) groups is 1. The third kappa shape index (κ3) is 4.61. The highest BCUT2D eigenvalue weighted by Gasteiger charge is 2.32. The van der Waals surface area contributed by atoms with Crippen molar-refractivity contribution in [3.63, 3.8) is 0 Å². The molecule has 1 heterocycles. The van der Waals surface area contributed by atoms with Gasteiger partial charge in [-0.1, -0.05) is 11.6 Å². The Labute approximate surface area is 164 Å². The zero-order chi connectivity index (χ0) is 19.4. The van der Waals surface area contributed by atoms with E-state index < -0.39 is 10.0 Å². The molecule has 0 aromatic heterocycles. The number of ether oxygens (including phenoxy) is 1. The topological polar surface area (TPSA) is 75.7 Å². The molecule has 6 nitrogen and oxygen atoms in total. The van der Waals surface area contributed by atoms with Gasteiger partial charge in [0.1, 0.15) is 5.75 Å². The molecule has 0 unspecified atom stereocenters. The van der Waals surface area contributed by atoms with Crippen molar-refractivity contribution in [2.75, 3.05) is 25.5 Å². The Hall–Kier alpha value is -2.09. The van der Waals surface area contributed by atoms with Gasteiger partial charge in [0.15, 0.2) is 0 Å². The molecule has 0 atom stereocenters. The van der Waals surface area contributed by atoms with E-state index in [1.165, 1.54) is 16.4 Å². The summed E-state index contributed by atoms with van der Waals surface area (Å²) >= 11 is 5.83. The molecule has 1 amide bonds. The van der Waals surface area contributed by atoms with Crippen molar-refractivity contribution < 1.29 is 17.9 Å². The smallest absolute Gasteiger partial charge is 0.243 e. The van der Waals surface area contributed by atoms with Gasteiger partial charge in [-0.3, -0.25) is 4.79 Å². The highest BCUT2D eigenvalue weighted by molar-refractivity contribution is 7.89. The molecule has 3 rings (SSSR count). The number of methoxy groups -OCH3 is 1. The summed E-state index contributed by atoms with van der Waals surface area (Å²) in [5.74, 6) is 0.404. The number of anilines is 1. The Bertz CT molecular complexity index is 890. The largest absolute Gasteiger partial charge is 0.497 e. The SMILES string of the molecule is COc1ccc(NC(=O)C2CCN(S(=O)(=O)c3ccc(Cl)cc3)CC2)cc1. The van der Waals surface area contributed by atoms with Gasteiger partial charge in [-0.05, 0) is 61.4 Å². The van der Waals surface area contributed by atoms with Crippen molar-refractivity contribution in [2.24, 2.45) is 5.92 Å². The molecule has 1 saturated heterocycles. The van der Waals surface area contributed by atoms with Gasteiger partial charge in [0.05, 0.1) is 12.0 Å². The zero-order valence-corrected chi connectivity index (χ0v) is 16.5. The van der Waals surface area contributed by atoms with Crippen LogP contribution in [0, 0.1) is 5.92 Å². The number of nitrogens with zero attached hydrogens (tertiary/aromatic N) is 1. The maximum absolute atomic E-state index is 12.7. The molecule has 0 aliphatic carbocycles. The summed E-state index contributed by atoms with van der Waals surface area (Å²) in [7, 11) is -1.98. The maximum atomic E-state index is 12.7. The fraction of sp³-hybridized carbons (Fsp3) is 0.316. The van der Waals surface area contributed by atoms with Crippen LogP contribution in [0.1, 0.15) is 12.8 Å². The van der Waals surface area contributed by atoms with Crippen LogP contribution in [0.2, 0.25) is 5.02 Å². The van der Waals surface area contributed by atoms with Gasteiger partial charge in [-0.25, -0.2) is 8.42 Å². The van der Waals surface area contributed by atoms with E-state index in [1.54, 1.807) is 43.5 Å². The molecule has 0 bridgehead atoms. The molecule has 1 aliphatic rings. The quantitative estimate of drug-likeness (QED) is 0.822. The third-order valence-electron chi connectivity index (χ3n) is 4.63. The van der Waals surface area contributed by atoms with Crippen molar-refractivity contribution in [1.29, 1.82) is 0 Å². The molecular formula is C19H21ClN2O4S. The van der Waals surface area contributed by atoms with Gasteiger partial charge in [0, 0.05) is 29.7 Å². The van der Waals surface area contributed by atoms with Crippen molar-refractivity contribution in [1.82, 2.24) is 4.31 Å². The highest BCUT2D eigenvalue weighted by Crippen LogP contribution is 2.26. The lowest BCUT2D eigenvalue weighted by Gasteiger charge is -2.30. The second kappa shape index (κ2) is 8.29. The van der Waals surface area contributed by atoms with Gasteiger partial charge in [-0.15, -0.1) is 0 Å². The van der Waals surface area contributed by atoms with Crippen LogP contribution in [0.25, 0.3) is 0 Å². The third-order valence-corrected chi connectivity index (χ3v) is 6.80. The van der Waals surface area contributed by atoms with Crippen molar-refractivity contribution in [2.45, 2.75) is 17.7 Å². The predicted molar refractivity (Wildman–Crippen MR) is 105 cm³/mol. The molecule has 27 heavy (non-hydrogen) atoms. The lowest BCUT2D eigenvalue weighted by Crippen LogP contribution is -2.41. The van der Waals surface area contributed by atoms with Gasteiger partial charge in [0.25, 0.3) is 0 Å². The second-order valence-electron chi connectivity index (χ2n) is 6.35. The fourth-order valence-corrected chi connectivity index (χ4v) is 4.63. The first kappa shape index (κ1) is 19.7. The van der Waals surface area contributed by atoms with Gasteiger partial charge < -0.3 is 10.1 Å². The molecule has 1 aliphatic heterocycles. The Balaban J connectivity index is 1.59. The van der Waals surface area contributed by atoms with Crippen molar-refractivity contribution in [3.05, 3.63) is 53.6 Å². The van der Waals surface area contributed by atoms with E-state index in [2.05, 4.69) is 5.32 Å². The Morgan fingerprint density at radius 2 is 1.67 bits per heavy atom. The molecule has 8 heteroatoms. The maximum Gasteiger partial charge on any atom is 0.243 e.